The molecule has 0 saturated heterocycles. The second kappa shape index (κ2) is 7.05. The molecule has 0 unspecified atom stereocenters. The highest BCUT2D eigenvalue weighted by Gasteiger charge is 2.03. The van der Waals surface area contributed by atoms with Crippen LogP contribution in [0.15, 0.2) is 24.3 Å². The van der Waals surface area contributed by atoms with Crippen LogP contribution < -0.4 is 5.73 Å². The summed E-state index contributed by atoms with van der Waals surface area (Å²) in [4.78, 5) is 2.27. The number of nitrogens with two attached hydrogens (primary N) is 1. The fourth-order valence-electron chi connectivity index (χ4n) is 1.77. The lowest BCUT2D eigenvalue weighted by Crippen LogP contribution is -2.24. The zero-order valence-corrected chi connectivity index (χ0v) is 9.95. The molecule has 0 amide bonds. The van der Waals surface area contributed by atoms with Crippen LogP contribution in [-0.4, -0.2) is 18.0 Å². The van der Waals surface area contributed by atoms with Crippen LogP contribution in [0.5, 0.6) is 0 Å². The minimum atomic E-state index is 0.594. The second-order valence-corrected chi connectivity index (χ2v) is 3.94. The lowest BCUT2D eigenvalue weighted by Gasteiger charge is -2.19. The Kier molecular flexibility index (Phi) is 5.63. The highest BCUT2D eigenvalue weighted by atomic mass is 15.1. The van der Waals surface area contributed by atoms with Crippen LogP contribution in [0.3, 0.4) is 0 Å². The van der Waals surface area contributed by atoms with Gasteiger partial charge >= 0.3 is 0 Å². The average Bonchev–Trinajstić information content (AvgIpc) is 2.30. The topological polar surface area (TPSA) is 29.3 Å². The molecule has 0 fully saturated rings. The van der Waals surface area contributed by atoms with Crippen molar-refractivity contribution in [1.82, 2.24) is 4.90 Å². The molecule has 0 radical (unpaired) electrons. The van der Waals surface area contributed by atoms with Gasteiger partial charge in [0, 0.05) is 13.1 Å². The maximum Gasteiger partial charge on any atom is 0.0601 e. The highest BCUT2D eigenvalue weighted by Crippen LogP contribution is 2.08. The maximum absolute atomic E-state index is 5.62. The van der Waals surface area contributed by atoms with E-state index < -0.39 is 0 Å². The SMILES string of the molecule is C#CCN(CCC)Cc1cccc(CN)c1. The molecule has 0 aliphatic carbocycles. The van der Waals surface area contributed by atoms with Crippen molar-refractivity contribution in [1.29, 1.82) is 0 Å². The Morgan fingerprint density at radius 3 is 2.75 bits per heavy atom. The van der Waals surface area contributed by atoms with E-state index in [-0.39, 0.29) is 0 Å². The second-order valence-electron chi connectivity index (χ2n) is 3.94. The van der Waals surface area contributed by atoms with Crippen LogP contribution in [0, 0.1) is 12.3 Å². The first-order valence-corrected chi connectivity index (χ1v) is 5.73. The van der Waals surface area contributed by atoms with Gasteiger partial charge in [-0.1, -0.05) is 37.1 Å². The van der Waals surface area contributed by atoms with Gasteiger partial charge in [-0.3, -0.25) is 4.90 Å². The summed E-state index contributed by atoms with van der Waals surface area (Å²) in [6.45, 7) is 5.42. The number of hydrogen-bond acceptors (Lipinski definition) is 2. The van der Waals surface area contributed by atoms with E-state index in [9.17, 15) is 0 Å². The third-order valence-corrected chi connectivity index (χ3v) is 2.49. The highest BCUT2D eigenvalue weighted by molar-refractivity contribution is 5.23. The zero-order valence-electron chi connectivity index (χ0n) is 9.95. The van der Waals surface area contributed by atoms with E-state index in [0.717, 1.165) is 19.5 Å². The zero-order chi connectivity index (χ0) is 11.8. The molecule has 2 heteroatoms. The monoisotopic (exact) mass is 216 g/mol. The summed E-state index contributed by atoms with van der Waals surface area (Å²) in [5.41, 5.74) is 8.08. The Morgan fingerprint density at radius 2 is 2.12 bits per heavy atom. The fourth-order valence-corrected chi connectivity index (χ4v) is 1.77. The lowest BCUT2D eigenvalue weighted by molar-refractivity contribution is 0.299. The van der Waals surface area contributed by atoms with Gasteiger partial charge in [0.25, 0.3) is 0 Å². The van der Waals surface area contributed by atoms with Crippen LogP contribution in [0.25, 0.3) is 0 Å². The molecule has 0 heterocycles. The minimum Gasteiger partial charge on any atom is -0.326 e. The summed E-state index contributed by atoms with van der Waals surface area (Å²) in [6, 6.07) is 8.38. The molecule has 1 rings (SSSR count). The van der Waals surface area contributed by atoms with Crippen LogP contribution in [0.2, 0.25) is 0 Å². The van der Waals surface area contributed by atoms with Crippen molar-refractivity contribution in [3.8, 4) is 12.3 Å². The van der Waals surface area contributed by atoms with Crippen molar-refractivity contribution >= 4 is 0 Å². The minimum absolute atomic E-state index is 0.594. The maximum atomic E-state index is 5.62. The molecule has 1 aromatic carbocycles. The van der Waals surface area contributed by atoms with Gasteiger partial charge in [-0.25, -0.2) is 0 Å². The molecule has 0 aliphatic heterocycles. The Hall–Kier alpha value is -1.30. The summed E-state index contributed by atoms with van der Waals surface area (Å²) in [5, 5.41) is 0. The van der Waals surface area contributed by atoms with Gasteiger partial charge < -0.3 is 5.73 Å². The third kappa shape index (κ3) is 4.06. The van der Waals surface area contributed by atoms with E-state index in [2.05, 4.69) is 42.0 Å². The van der Waals surface area contributed by atoms with Crippen LogP contribution >= 0.6 is 0 Å². The molecule has 0 atom stereocenters. The van der Waals surface area contributed by atoms with Crippen molar-refractivity contribution in [3.63, 3.8) is 0 Å². The van der Waals surface area contributed by atoms with Crippen molar-refractivity contribution in [2.45, 2.75) is 26.4 Å². The van der Waals surface area contributed by atoms with Gasteiger partial charge in [0.1, 0.15) is 0 Å². The Morgan fingerprint density at radius 1 is 1.38 bits per heavy atom. The van der Waals surface area contributed by atoms with Crippen LogP contribution in [0.1, 0.15) is 24.5 Å². The number of nitrogens with zero attached hydrogens (tertiary/aromatic N) is 1. The largest absolute Gasteiger partial charge is 0.326 e. The third-order valence-electron chi connectivity index (χ3n) is 2.49. The van der Waals surface area contributed by atoms with Crippen molar-refractivity contribution < 1.29 is 0 Å². The van der Waals surface area contributed by atoms with E-state index in [4.69, 9.17) is 12.2 Å². The van der Waals surface area contributed by atoms with Crippen molar-refractivity contribution in [2.75, 3.05) is 13.1 Å². The molecule has 0 bridgehead atoms. The van der Waals surface area contributed by atoms with Gasteiger partial charge in [0.05, 0.1) is 6.54 Å². The number of rotatable bonds is 6. The number of hydrogen-bond donors (Lipinski definition) is 1. The van der Waals surface area contributed by atoms with E-state index in [1.807, 2.05) is 0 Å². The van der Waals surface area contributed by atoms with E-state index in [1.54, 1.807) is 0 Å². The molecule has 0 spiro atoms. The summed E-state index contributed by atoms with van der Waals surface area (Å²) < 4.78 is 0. The lowest BCUT2D eigenvalue weighted by atomic mass is 10.1. The molecule has 0 saturated carbocycles. The molecule has 2 N–H and O–H groups in total. The van der Waals surface area contributed by atoms with Crippen molar-refractivity contribution in [3.05, 3.63) is 35.4 Å². The van der Waals surface area contributed by atoms with Gasteiger partial charge in [0.2, 0.25) is 0 Å². The average molecular weight is 216 g/mol. The molecule has 1 aromatic rings. The molecule has 0 aromatic heterocycles. The smallest absolute Gasteiger partial charge is 0.0601 e. The van der Waals surface area contributed by atoms with E-state index in [1.165, 1.54) is 11.1 Å². The first kappa shape index (κ1) is 12.8. The van der Waals surface area contributed by atoms with Crippen LogP contribution in [-0.2, 0) is 13.1 Å². The summed E-state index contributed by atoms with van der Waals surface area (Å²) >= 11 is 0. The Labute approximate surface area is 98.4 Å². The van der Waals surface area contributed by atoms with Gasteiger partial charge in [-0.2, -0.15) is 0 Å². The van der Waals surface area contributed by atoms with Crippen LogP contribution in [0.4, 0.5) is 0 Å². The fraction of sp³-hybridized carbons (Fsp3) is 0.429. The summed E-state index contributed by atoms with van der Waals surface area (Å²) in [7, 11) is 0. The number of benzene rings is 1. The Bertz CT molecular complexity index is 352. The number of terminal acetylenes is 1. The summed E-state index contributed by atoms with van der Waals surface area (Å²) in [6.07, 6.45) is 6.48. The molecule has 2 nitrogen and oxygen atoms in total. The molecular formula is C14H20N2. The molecule has 86 valence electrons. The quantitative estimate of drug-likeness (QED) is 0.737. The van der Waals surface area contributed by atoms with Crippen molar-refractivity contribution in [2.24, 2.45) is 5.73 Å². The normalized spacial score (nSPS) is 10.4. The van der Waals surface area contributed by atoms with Gasteiger partial charge in [0.15, 0.2) is 0 Å². The van der Waals surface area contributed by atoms with Gasteiger partial charge in [-0.05, 0) is 24.1 Å². The van der Waals surface area contributed by atoms with E-state index >= 15 is 0 Å². The standard InChI is InChI=1S/C14H20N2/c1-3-8-16(9-4-2)12-14-7-5-6-13(10-14)11-15/h1,5-7,10H,4,8-9,11-12,15H2,2H3. The van der Waals surface area contributed by atoms with E-state index in [0.29, 0.717) is 13.1 Å². The Balaban J connectivity index is 2.65. The molecular weight excluding hydrogens is 196 g/mol. The predicted octanol–water partition coefficient (Wildman–Crippen LogP) is 1.99. The molecule has 0 aliphatic rings. The first-order valence-electron chi connectivity index (χ1n) is 5.73. The first-order chi connectivity index (χ1) is 7.80. The van der Waals surface area contributed by atoms with Gasteiger partial charge in [-0.15, -0.1) is 6.42 Å². The summed E-state index contributed by atoms with van der Waals surface area (Å²) in [5.74, 6) is 2.70. The predicted molar refractivity (Wildman–Crippen MR) is 68.7 cm³/mol. The molecule has 16 heavy (non-hydrogen) atoms.